The zero-order valence-electron chi connectivity index (χ0n) is 18.6. The Morgan fingerprint density at radius 2 is 1.60 bits per heavy atom. The van der Waals surface area contributed by atoms with Crippen molar-refractivity contribution in [3.63, 3.8) is 0 Å². The molecule has 0 aliphatic carbocycles. The first-order valence-corrected chi connectivity index (χ1v) is 12.7. The van der Waals surface area contributed by atoms with E-state index in [1.165, 1.54) is 12.9 Å². The number of rotatable bonds is 9. The maximum absolute atomic E-state index is 12.7. The summed E-state index contributed by atoms with van der Waals surface area (Å²) in [5.74, 6) is -9.86. The molecule has 0 aromatic rings. The Labute approximate surface area is 199 Å². The molecule has 2 saturated heterocycles. The van der Waals surface area contributed by atoms with E-state index in [0.717, 1.165) is 0 Å². The minimum atomic E-state index is -5.71. The lowest BCUT2D eigenvalue weighted by atomic mass is 9.83. The van der Waals surface area contributed by atoms with Gasteiger partial charge in [0, 0.05) is 0 Å². The summed E-state index contributed by atoms with van der Waals surface area (Å²) in [5.41, 5.74) is 0. The van der Waals surface area contributed by atoms with Gasteiger partial charge in [-0.2, -0.15) is 36.9 Å². The fraction of sp³-hybridized carbons (Fsp3) is 0.688. The number of nitrogens with zero attached hydrogens (tertiary/aromatic N) is 5. The third kappa shape index (κ3) is 4.52. The van der Waals surface area contributed by atoms with Crippen molar-refractivity contribution in [3.8, 4) is 0 Å². The molecule has 19 heteroatoms. The minimum absolute atomic E-state index is 0.0523. The molecule has 0 radical (unpaired) electrons. The summed E-state index contributed by atoms with van der Waals surface area (Å²) in [4.78, 5) is 50.1. The van der Waals surface area contributed by atoms with Crippen LogP contribution >= 0.6 is 0 Å². The summed E-state index contributed by atoms with van der Waals surface area (Å²) < 4.78 is 67.9. The van der Waals surface area contributed by atoms with E-state index in [-0.39, 0.29) is 19.4 Å². The van der Waals surface area contributed by atoms with Crippen LogP contribution in [0.4, 0.5) is 0 Å². The predicted octanol–water partition coefficient (Wildman–Crippen LogP) is -2.17. The monoisotopic (exact) mass is 541 g/mol. The molecule has 2 aliphatic heterocycles. The smallest absolute Gasteiger partial charge is 0.302 e. The van der Waals surface area contributed by atoms with Gasteiger partial charge >= 0.3 is 32.1 Å². The molecule has 2 fully saturated rings. The largest absolute Gasteiger partial charge is 0.309 e. The lowest BCUT2D eigenvalue weighted by Gasteiger charge is -2.29. The van der Waals surface area contributed by atoms with E-state index in [1.807, 2.05) is 0 Å². The van der Waals surface area contributed by atoms with Crippen molar-refractivity contribution < 1.29 is 55.5 Å². The van der Waals surface area contributed by atoms with E-state index in [9.17, 15) is 55.5 Å². The van der Waals surface area contributed by atoms with Gasteiger partial charge in [0.15, 0.2) is 0 Å². The second-order valence-electron chi connectivity index (χ2n) is 8.14. The van der Waals surface area contributed by atoms with Crippen molar-refractivity contribution in [3.05, 3.63) is 0 Å². The molecule has 0 bridgehead atoms. The van der Waals surface area contributed by atoms with Crippen LogP contribution in [0.1, 0.15) is 26.2 Å². The SMILES string of the molecule is CCC(CCN(C)C)C1C(=O)N(O)C(=O)C1(N=C=NC1(S(=O)(=O)O)CC(=O)N(O)C1=O)S(=O)(=O)O. The van der Waals surface area contributed by atoms with Crippen LogP contribution in [0.25, 0.3) is 0 Å². The molecule has 0 spiro atoms. The number of carbonyl (C=O) groups is 4. The molecule has 0 aromatic heterocycles. The molecule has 35 heavy (non-hydrogen) atoms. The fourth-order valence-electron chi connectivity index (χ4n) is 3.84. The number of hydroxylamine groups is 4. The number of carbonyl (C=O) groups excluding carboxylic acids is 4. The fourth-order valence-corrected chi connectivity index (χ4v) is 5.69. The van der Waals surface area contributed by atoms with Crippen LogP contribution in [0, 0.1) is 11.8 Å². The molecule has 0 aromatic carbocycles. The molecule has 4 atom stereocenters. The molecule has 4 N–H and O–H groups in total. The average Bonchev–Trinajstić information content (AvgIpc) is 3.07. The summed E-state index contributed by atoms with van der Waals surface area (Å²) >= 11 is 0. The maximum Gasteiger partial charge on any atom is 0.302 e. The number of imide groups is 2. The lowest BCUT2D eigenvalue weighted by molar-refractivity contribution is -0.173. The van der Waals surface area contributed by atoms with Gasteiger partial charge in [-0.3, -0.25) is 38.7 Å². The molecular weight excluding hydrogens is 518 g/mol. The van der Waals surface area contributed by atoms with Crippen molar-refractivity contribution in [2.75, 3.05) is 20.6 Å². The molecule has 4 unspecified atom stereocenters. The number of hydrogen-bond donors (Lipinski definition) is 4. The van der Waals surface area contributed by atoms with E-state index < -0.39 is 82.0 Å². The number of hydrogen-bond acceptors (Lipinski definition) is 13. The zero-order chi connectivity index (χ0) is 27.1. The highest BCUT2D eigenvalue weighted by atomic mass is 32.2. The molecular formula is C16H23N5O12S2. The van der Waals surface area contributed by atoms with Crippen LogP contribution in [0.3, 0.4) is 0 Å². The van der Waals surface area contributed by atoms with Gasteiger partial charge < -0.3 is 4.90 Å². The Hall–Kier alpha value is -2.64. The van der Waals surface area contributed by atoms with Gasteiger partial charge in [0.25, 0.3) is 21.6 Å². The van der Waals surface area contributed by atoms with Crippen LogP contribution in [-0.4, -0.2) is 111 Å². The average molecular weight is 542 g/mol. The van der Waals surface area contributed by atoms with Gasteiger partial charge in [-0.05, 0) is 33.0 Å². The molecule has 2 aliphatic rings. The molecule has 2 rings (SSSR count). The maximum atomic E-state index is 12.7. The third-order valence-corrected chi connectivity index (χ3v) is 8.33. The highest BCUT2D eigenvalue weighted by molar-refractivity contribution is 7.88. The van der Waals surface area contributed by atoms with Crippen LogP contribution in [0.15, 0.2) is 9.98 Å². The summed E-state index contributed by atoms with van der Waals surface area (Å²) in [6, 6.07) is 1.42. The lowest BCUT2D eigenvalue weighted by Crippen LogP contribution is -2.50. The molecule has 4 amide bonds. The Morgan fingerprint density at radius 1 is 1.03 bits per heavy atom. The zero-order valence-corrected chi connectivity index (χ0v) is 20.2. The first-order valence-electron chi connectivity index (χ1n) is 9.80. The standard InChI is InChI=1S/C16H23N5O12S2/c1-4-9(5-6-19(2)3)11-12(23)21(27)14(25)16(11,35(31,32)33)18-8-17-15(34(28,29)30)7-10(22)20(26)13(15)24/h9,11,26-27H,4-7H2,1-3H3,(H,28,29,30)(H,31,32,33). The second kappa shape index (κ2) is 9.43. The normalized spacial score (nSPS) is 28.6. The van der Waals surface area contributed by atoms with E-state index >= 15 is 0 Å². The topological polar surface area (TPSA) is 252 Å². The van der Waals surface area contributed by atoms with Crippen LogP contribution in [0.5, 0.6) is 0 Å². The summed E-state index contributed by atoms with van der Waals surface area (Å²) in [7, 11) is -8.00. The Bertz CT molecular complexity index is 1230. The first-order chi connectivity index (χ1) is 15.9. The summed E-state index contributed by atoms with van der Waals surface area (Å²) in [5, 5.41) is 18.1. The summed E-state index contributed by atoms with van der Waals surface area (Å²) in [6.45, 7) is 1.80. The van der Waals surface area contributed by atoms with Crippen molar-refractivity contribution in [2.45, 2.75) is 35.9 Å². The first kappa shape index (κ1) is 28.6. The highest BCUT2D eigenvalue weighted by Crippen LogP contribution is 2.44. The van der Waals surface area contributed by atoms with Gasteiger partial charge in [0.05, 0.1) is 18.3 Å². The Balaban J connectivity index is 2.80. The predicted molar refractivity (Wildman–Crippen MR) is 111 cm³/mol. The van der Waals surface area contributed by atoms with Crippen molar-refractivity contribution in [1.82, 2.24) is 15.0 Å². The third-order valence-electron chi connectivity index (χ3n) is 5.76. The summed E-state index contributed by atoms with van der Waals surface area (Å²) in [6.07, 6.45) is -1.31. The van der Waals surface area contributed by atoms with E-state index in [4.69, 9.17) is 0 Å². The minimum Gasteiger partial charge on any atom is -0.309 e. The van der Waals surface area contributed by atoms with E-state index in [2.05, 4.69) is 9.98 Å². The second-order valence-corrected chi connectivity index (χ2v) is 11.3. The number of aliphatic imine (C=N–C) groups is 2. The van der Waals surface area contributed by atoms with E-state index in [0.29, 0.717) is 0 Å². The molecule has 17 nitrogen and oxygen atoms in total. The van der Waals surface area contributed by atoms with Crippen LogP contribution in [0.2, 0.25) is 0 Å². The van der Waals surface area contributed by atoms with Crippen molar-refractivity contribution >= 4 is 49.9 Å². The molecule has 0 saturated carbocycles. The van der Waals surface area contributed by atoms with Gasteiger partial charge in [-0.25, -0.2) is 0 Å². The quantitative estimate of drug-likeness (QED) is 0.105. The van der Waals surface area contributed by atoms with Crippen molar-refractivity contribution in [2.24, 2.45) is 21.8 Å². The van der Waals surface area contributed by atoms with Gasteiger partial charge in [-0.1, -0.05) is 13.3 Å². The Morgan fingerprint density at radius 3 is 2.00 bits per heavy atom. The van der Waals surface area contributed by atoms with E-state index in [1.54, 1.807) is 19.0 Å². The van der Waals surface area contributed by atoms with Gasteiger partial charge in [0.1, 0.15) is 0 Å². The molecule has 196 valence electrons. The Kier molecular flexibility index (Phi) is 7.71. The number of amides is 4. The molecule has 2 heterocycles. The van der Waals surface area contributed by atoms with Gasteiger partial charge in [-0.15, -0.1) is 0 Å². The highest BCUT2D eigenvalue weighted by Gasteiger charge is 2.70. The van der Waals surface area contributed by atoms with Gasteiger partial charge in [0.2, 0.25) is 0 Å². The van der Waals surface area contributed by atoms with Crippen LogP contribution in [-0.2, 0) is 39.4 Å². The van der Waals surface area contributed by atoms with Crippen LogP contribution < -0.4 is 0 Å². The van der Waals surface area contributed by atoms with Crippen molar-refractivity contribution in [1.29, 1.82) is 0 Å².